The van der Waals surface area contributed by atoms with Crippen LogP contribution < -0.4 is 14.8 Å². The molecule has 1 atom stereocenters. The van der Waals surface area contributed by atoms with Gasteiger partial charge in [-0.1, -0.05) is 18.2 Å². The van der Waals surface area contributed by atoms with Crippen LogP contribution in [0.5, 0.6) is 17.2 Å². The maximum atomic E-state index is 5.71. The van der Waals surface area contributed by atoms with Crippen molar-refractivity contribution in [1.82, 2.24) is 5.32 Å². The summed E-state index contributed by atoms with van der Waals surface area (Å²) < 4.78 is 11.4. The Labute approximate surface area is 114 Å². The van der Waals surface area contributed by atoms with Gasteiger partial charge in [0.1, 0.15) is 23.9 Å². The van der Waals surface area contributed by atoms with Gasteiger partial charge >= 0.3 is 0 Å². The van der Waals surface area contributed by atoms with E-state index in [1.54, 1.807) is 0 Å². The van der Waals surface area contributed by atoms with Crippen LogP contribution in [0, 0.1) is 0 Å². The lowest BCUT2D eigenvalue weighted by atomic mass is 10.3. The molecule has 0 spiro atoms. The van der Waals surface area contributed by atoms with Gasteiger partial charge in [0, 0.05) is 6.04 Å². The smallest absolute Gasteiger partial charge is 0.127 e. The molecule has 0 saturated heterocycles. The van der Waals surface area contributed by atoms with Gasteiger partial charge in [0.15, 0.2) is 0 Å². The first-order chi connectivity index (χ1) is 9.28. The highest BCUT2D eigenvalue weighted by Crippen LogP contribution is 2.23. The summed E-state index contributed by atoms with van der Waals surface area (Å²) in [5, 5.41) is 3.13. The Morgan fingerprint density at radius 3 is 2.11 bits per heavy atom. The minimum absolute atomic E-state index is 0.334. The molecular formula is C16H19NO2. The van der Waals surface area contributed by atoms with Crippen LogP contribution in [-0.2, 0) is 0 Å². The van der Waals surface area contributed by atoms with Crippen LogP contribution in [0.15, 0.2) is 54.6 Å². The van der Waals surface area contributed by atoms with Gasteiger partial charge in [-0.25, -0.2) is 0 Å². The lowest BCUT2D eigenvalue weighted by Gasteiger charge is -2.12. The number of likely N-dealkylation sites (N-methyl/N-ethyl adjacent to an activating group) is 1. The molecule has 2 aromatic rings. The first-order valence-electron chi connectivity index (χ1n) is 6.41. The molecule has 0 amide bonds. The second-order valence-corrected chi connectivity index (χ2v) is 4.39. The average Bonchev–Trinajstić information content (AvgIpc) is 2.47. The molecular weight excluding hydrogens is 238 g/mol. The quantitative estimate of drug-likeness (QED) is 0.859. The van der Waals surface area contributed by atoms with Crippen LogP contribution in [0.2, 0.25) is 0 Å². The fraction of sp³-hybridized carbons (Fsp3) is 0.250. The molecule has 1 unspecified atom stereocenters. The zero-order valence-corrected chi connectivity index (χ0v) is 11.3. The number of hydrogen-bond acceptors (Lipinski definition) is 3. The third kappa shape index (κ3) is 4.30. The van der Waals surface area contributed by atoms with Crippen molar-refractivity contribution in [2.24, 2.45) is 0 Å². The van der Waals surface area contributed by atoms with Crippen molar-refractivity contribution in [3.05, 3.63) is 54.6 Å². The van der Waals surface area contributed by atoms with Gasteiger partial charge in [0.05, 0.1) is 0 Å². The van der Waals surface area contributed by atoms with E-state index in [-0.39, 0.29) is 0 Å². The fourth-order valence-electron chi connectivity index (χ4n) is 1.53. The Hall–Kier alpha value is -2.00. The zero-order valence-electron chi connectivity index (χ0n) is 11.3. The topological polar surface area (TPSA) is 30.5 Å². The van der Waals surface area contributed by atoms with Crippen molar-refractivity contribution in [3.8, 4) is 17.2 Å². The maximum Gasteiger partial charge on any atom is 0.127 e. The largest absolute Gasteiger partial charge is 0.492 e. The van der Waals surface area contributed by atoms with Crippen molar-refractivity contribution in [3.63, 3.8) is 0 Å². The summed E-state index contributed by atoms with van der Waals surface area (Å²) in [6.07, 6.45) is 0. The van der Waals surface area contributed by atoms with Crippen molar-refractivity contribution in [1.29, 1.82) is 0 Å². The van der Waals surface area contributed by atoms with E-state index in [1.807, 2.05) is 61.6 Å². The Morgan fingerprint density at radius 1 is 0.895 bits per heavy atom. The predicted octanol–water partition coefficient (Wildman–Crippen LogP) is 3.47. The van der Waals surface area contributed by atoms with E-state index < -0.39 is 0 Å². The maximum absolute atomic E-state index is 5.71. The third-order valence-electron chi connectivity index (χ3n) is 2.80. The number of para-hydroxylation sites is 1. The minimum atomic E-state index is 0.334. The van der Waals surface area contributed by atoms with Crippen molar-refractivity contribution < 1.29 is 9.47 Å². The van der Waals surface area contributed by atoms with Crippen LogP contribution in [0.1, 0.15) is 6.92 Å². The normalized spacial score (nSPS) is 11.9. The molecule has 0 aliphatic carbocycles. The monoisotopic (exact) mass is 257 g/mol. The molecule has 0 bridgehead atoms. The molecule has 1 N–H and O–H groups in total. The minimum Gasteiger partial charge on any atom is -0.492 e. The molecule has 0 aromatic heterocycles. The molecule has 19 heavy (non-hydrogen) atoms. The van der Waals surface area contributed by atoms with Crippen LogP contribution >= 0.6 is 0 Å². The van der Waals surface area contributed by atoms with E-state index in [1.165, 1.54) is 0 Å². The van der Waals surface area contributed by atoms with Gasteiger partial charge in [-0.2, -0.15) is 0 Å². The molecule has 0 heterocycles. The Bertz CT molecular complexity index is 482. The summed E-state index contributed by atoms with van der Waals surface area (Å²) in [5.41, 5.74) is 0. The van der Waals surface area contributed by atoms with Crippen molar-refractivity contribution in [2.45, 2.75) is 13.0 Å². The lowest BCUT2D eigenvalue weighted by molar-refractivity contribution is 0.279. The lowest BCUT2D eigenvalue weighted by Crippen LogP contribution is -2.28. The first kappa shape index (κ1) is 13.4. The first-order valence-corrected chi connectivity index (χ1v) is 6.41. The average molecular weight is 257 g/mol. The van der Waals surface area contributed by atoms with Gasteiger partial charge in [-0.05, 0) is 50.4 Å². The van der Waals surface area contributed by atoms with Gasteiger partial charge in [-0.15, -0.1) is 0 Å². The van der Waals surface area contributed by atoms with E-state index in [0.717, 1.165) is 17.2 Å². The van der Waals surface area contributed by atoms with E-state index in [0.29, 0.717) is 12.6 Å². The van der Waals surface area contributed by atoms with Crippen LogP contribution in [0.4, 0.5) is 0 Å². The van der Waals surface area contributed by atoms with E-state index in [2.05, 4.69) is 12.2 Å². The SMILES string of the molecule is CNC(C)COc1ccc(Oc2ccccc2)cc1. The summed E-state index contributed by atoms with van der Waals surface area (Å²) >= 11 is 0. The number of benzene rings is 2. The molecule has 2 aromatic carbocycles. The fourth-order valence-corrected chi connectivity index (χ4v) is 1.53. The third-order valence-corrected chi connectivity index (χ3v) is 2.80. The Balaban J connectivity index is 1.91. The van der Waals surface area contributed by atoms with Gasteiger partial charge in [0.2, 0.25) is 0 Å². The van der Waals surface area contributed by atoms with E-state index in [4.69, 9.17) is 9.47 Å². The molecule has 3 heteroatoms. The van der Waals surface area contributed by atoms with Gasteiger partial charge in [0.25, 0.3) is 0 Å². The predicted molar refractivity (Wildman–Crippen MR) is 77.0 cm³/mol. The van der Waals surface area contributed by atoms with Crippen molar-refractivity contribution in [2.75, 3.05) is 13.7 Å². The Morgan fingerprint density at radius 2 is 1.47 bits per heavy atom. The molecule has 0 saturated carbocycles. The standard InChI is InChI=1S/C16H19NO2/c1-13(17-2)12-18-14-8-10-16(11-9-14)19-15-6-4-3-5-7-15/h3-11,13,17H,12H2,1-2H3. The molecule has 2 rings (SSSR count). The summed E-state index contributed by atoms with van der Waals surface area (Å²) in [4.78, 5) is 0. The highest BCUT2D eigenvalue weighted by atomic mass is 16.5. The second-order valence-electron chi connectivity index (χ2n) is 4.39. The molecule has 3 nitrogen and oxygen atoms in total. The second kappa shape index (κ2) is 6.81. The van der Waals surface area contributed by atoms with Crippen LogP contribution in [-0.4, -0.2) is 19.7 Å². The molecule has 100 valence electrons. The van der Waals surface area contributed by atoms with E-state index >= 15 is 0 Å². The summed E-state index contributed by atoms with van der Waals surface area (Å²) in [7, 11) is 1.92. The summed E-state index contributed by atoms with van der Waals surface area (Å²) in [5.74, 6) is 2.49. The number of ether oxygens (including phenoxy) is 2. The summed E-state index contributed by atoms with van der Waals surface area (Å²) in [6, 6.07) is 17.7. The highest BCUT2D eigenvalue weighted by molar-refractivity contribution is 5.35. The molecule has 0 fully saturated rings. The number of hydrogen-bond donors (Lipinski definition) is 1. The van der Waals surface area contributed by atoms with Gasteiger partial charge in [-0.3, -0.25) is 0 Å². The Kier molecular flexibility index (Phi) is 4.81. The van der Waals surface area contributed by atoms with E-state index in [9.17, 15) is 0 Å². The van der Waals surface area contributed by atoms with Gasteiger partial charge < -0.3 is 14.8 Å². The zero-order chi connectivity index (χ0) is 13.5. The number of rotatable bonds is 6. The highest BCUT2D eigenvalue weighted by Gasteiger charge is 2.01. The molecule has 0 radical (unpaired) electrons. The molecule has 0 aliphatic rings. The van der Waals surface area contributed by atoms with Crippen molar-refractivity contribution >= 4 is 0 Å². The summed E-state index contributed by atoms with van der Waals surface area (Å²) in [6.45, 7) is 2.72. The van der Waals surface area contributed by atoms with Crippen LogP contribution in [0.3, 0.4) is 0 Å². The number of nitrogens with one attached hydrogen (secondary N) is 1. The van der Waals surface area contributed by atoms with Crippen LogP contribution in [0.25, 0.3) is 0 Å². The molecule has 0 aliphatic heterocycles.